The summed E-state index contributed by atoms with van der Waals surface area (Å²) in [7, 11) is 0. The zero-order valence-corrected chi connectivity index (χ0v) is 17.1. The molecule has 0 atom stereocenters. The van der Waals surface area contributed by atoms with Crippen molar-refractivity contribution >= 4 is 28.1 Å². The van der Waals surface area contributed by atoms with E-state index in [1.165, 1.54) is 29.2 Å². The number of fused-ring (bicyclic) bond motifs is 2. The number of hydrogen-bond acceptors (Lipinski definition) is 5. The topological polar surface area (TPSA) is 94.2 Å². The number of benzene rings is 1. The van der Waals surface area contributed by atoms with Crippen molar-refractivity contribution in [2.45, 2.75) is 39.2 Å². The quantitative estimate of drug-likeness (QED) is 0.528. The van der Waals surface area contributed by atoms with E-state index in [0.29, 0.717) is 16.9 Å². The van der Waals surface area contributed by atoms with E-state index < -0.39 is 17.3 Å². The number of amides is 1. The summed E-state index contributed by atoms with van der Waals surface area (Å²) >= 11 is 0. The lowest BCUT2D eigenvalue weighted by Gasteiger charge is -2.17. The van der Waals surface area contributed by atoms with Crippen LogP contribution in [0.3, 0.4) is 0 Å². The molecule has 0 spiro atoms. The maximum atomic E-state index is 13.8. The zero-order valence-electron chi connectivity index (χ0n) is 17.1. The van der Waals surface area contributed by atoms with Gasteiger partial charge in [-0.25, -0.2) is 8.78 Å². The van der Waals surface area contributed by atoms with Crippen LogP contribution in [0.15, 0.2) is 47.7 Å². The van der Waals surface area contributed by atoms with Crippen LogP contribution >= 0.6 is 0 Å². The number of nitrogens with one attached hydrogen (secondary N) is 1. The highest BCUT2D eigenvalue weighted by Crippen LogP contribution is 2.29. The van der Waals surface area contributed by atoms with Crippen molar-refractivity contribution in [2.75, 3.05) is 5.32 Å². The van der Waals surface area contributed by atoms with E-state index in [9.17, 15) is 18.4 Å². The van der Waals surface area contributed by atoms with E-state index in [1.807, 2.05) is 13.8 Å². The summed E-state index contributed by atoms with van der Waals surface area (Å²) < 4.78 is 30.7. The number of halogens is 2. The molecule has 31 heavy (non-hydrogen) atoms. The smallest absolute Gasteiger partial charge is 0.270 e. The summed E-state index contributed by atoms with van der Waals surface area (Å²) in [5, 5.41) is 15.0. The fourth-order valence-electron chi connectivity index (χ4n) is 3.34. The van der Waals surface area contributed by atoms with Gasteiger partial charge in [0.2, 0.25) is 11.3 Å². The second kappa shape index (κ2) is 7.53. The van der Waals surface area contributed by atoms with E-state index in [0.717, 1.165) is 6.92 Å². The first-order chi connectivity index (χ1) is 14.6. The van der Waals surface area contributed by atoms with Crippen LogP contribution in [0.4, 0.5) is 14.5 Å². The molecule has 1 aromatic carbocycles. The average molecular weight is 426 g/mol. The molecule has 3 heterocycles. The van der Waals surface area contributed by atoms with Crippen molar-refractivity contribution in [1.29, 1.82) is 0 Å². The molecule has 0 bridgehead atoms. The maximum Gasteiger partial charge on any atom is 0.270 e. The van der Waals surface area contributed by atoms with Crippen molar-refractivity contribution in [3.63, 3.8) is 0 Å². The Morgan fingerprint density at radius 1 is 1.23 bits per heavy atom. The van der Waals surface area contributed by atoms with Gasteiger partial charge >= 0.3 is 0 Å². The Bertz CT molecular complexity index is 1350. The molecule has 0 unspecified atom stereocenters. The molecule has 0 aliphatic carbocycles. The van der Waals surface area contributed by atoms with Crippen molar-refractivity contribution in [2.24, 2.45) is 0 Å². The lowest BCUT2D eigenvalue weighted by atomic mass is 10.1. The van der Waals surface area contributed by atoms with Crippen LogP contribution in [0, 0.1) is 0 Å². The van der Waals surface area contributed by atoms with Gasteiger partial charge in [-0.3, -0.25) is 18.7 Å². The Kier molecular flexibility index (Phi) is 5.00. The zero-order chi connectivity index (χ0) is 22.3. The highest BCUT2D eigenvalue weighted by Gasteiger charge is 2.26. The summed E-state index contributed by atoms with van der Waals surface area (Å²) in [5.74, 6) is -3.47. The SMILES string of the molecule is CC(C)n1nc(CC(=O)Nc2ccc3nncn3c2)c(=O)c2ccc(C(C)(F)F)cc21. The van der Waals surface area contributed by atoms with Crippen LogP contribution in [0.5, 0.6) is 0 Å². The Balaban J connectivity index is 1.68. The van der Waals surface area contributed by atoms with Crippen molar-refractivity contribution < 1.29 is 13.6 Å². The van der Waals surface area contributed by atoms with Gasteiger partial charge in [-0.15, -0.1) is 10.2 Å². The number of anilines is 1. The molecule has 0 aliphatic rings. The molecular formula is C21H20F2N6O2. The normalized spacial score (nSPS) is 12.1. The number of carbonyl (C=O) groups is 1. The highest BCUT2D eigenvalue weighted by atomic mass is 19.3. The molecule has 1 N–H and O–H groups in total. The number of rotatable bonds is 5. The van der Waals surface area contributed by atoms with E-state index in [4.69, 9.17) is 0 Å². The van der Waals surface area contributed by atoms with Gasteiger partial charge in [-0.1, -0.05) is 6.07 Å². The number of hydrogen-bond donors (Lipinski definition) is 1. The summed E-state index contributed by atoms with van der Waals surface area (Å²) in [5.41, 5.74) is 0.831. The molecule has 0 fully saturated rings. The first kappa shape index (κ1) is 20.6. The fraction of sp³-hybridized carbons (Fsp3) is 0.286. The molecule has 0 aliphatic heterocycles. The third-order valence-corrected chi connectivity index (χ3v) is 4.88. The number of pyridine rings is 1. The average Bonchev–Trinajstić information content (AvgIpc) is 3.16. The third kappa shape index (κ3) is 4.00. The van der Waals surface area contributed by atoms with E-state index in [-0.39, 0.29) is 29.1 Å². The van der Waals surface area contributed by atoms with Crippen LogP contribution in [0.1, 0.15) is 38.1 Å². The Hall–Kier alpha value is -3.69. The predicted octanol–water partition coefficient (Wildman–Crippen LogP) is 3.31. The minimum absolute atomic E-state index is 0.0417. The van der Waals surface area contributed by atoms with Crippen LogP contribution < -0.4 is 10.7 Å². The molecule has 4 rings (SSSR count). The highest BCUT2D eigenvalue weighted by molar-refractivity contribution is 5.92. The Morgan fingerprint density at radius 2 is 2.00 bits per heavy atom. The van der Waals surface area contributed by atoms with Gasteiger partial charge in [0.05, 0.1) is 17.6 Å². The number of alkyl halides is 2. The number of nitrogens with zero attached hydrogens (tertiary/aromatic N) is 5. The largest absolute Gasteiger partial charge is 0.324 e. The molecular weight excluding hydrogens is 406 g/mol. The van der Waals surface area contributed by atoms with Crippen LogP contribution in [0.2, 0.25) is 0 Å². The molecule has 1 amide bonds. The maximum absolute atomic E-state index is 13.8. The molecule has 10 heteroatoms. The first-order valence-corrected chi connectivity index (χ1v) is 9.66. The monoisotopic (exact) mass is 426 g/mol. The molecule has 0 radical (unpaired) electrons. The standard InChI is InChI=1S/C21H20F2N6O2/c1-12(2)29-17-8-13(21(3,22)23)4-6-15(17)20(31)16(27-29)9-19(30)25-14-5-7-18-26-24-11-28(18)10-14/h4-8,10-12H,9H2,1-3H3,(H,25,30). The van der Waals surface area contributed by atoms with Gasteiger partial charge in [0.15, 0.2) is 5.65 Å². The molecule has 4 aromatic rings. The lowest BCUT2D eigenvalue weighted by molar-refractivity contribution is -0.115. The Morgan fingerprint density at radius 3 is 2.71 bits per heavy atom. The number of aromatic nitrogens is 5. The van der Waals surface area contributed by atoms with Gasteiger partial charge in [-0.05, 0) is 38.1 Å². The summed E-state index contributed by atoms with van der Waals surface area (Å²) in [6.07, 6.45) is 2.90. The van der Waals surface area contributed by atoms with Gasteiger partial charge in [0.25, 0.3) is 5.92 Å². The number of carbonyl (C=O) groups excluding carboxylic acids is 1. The van der Waals surface area contributed by atoms with Crippen molar-refractivity contribution in [3.8, 4) is 0 Å². The summed E-state index contributed by atoms with van der Waals surface area (Å²) in [6, 6.07) is 7.04. The van der Waals surface area contributed by atoms with Gasteiger partial charge in [0.1, 0.15) is 12.0 Å². The molecule has 3 aromatic heterocycles. The fourth-order valence-corrected chi connectivity index (χ4v) is 3.34. The second-order valence-electron chi connectivity index (χ2n) is 7.67. The Labute approximate surface area is 175 Å². The molecule has 0 saturated heterocycles. The molecule has 160 valence electrons. The minimum Gasteiger partial charge on any atom is -0.324 e. The van der Waals surface area contributed by atoms with Crippen LogP contribution in [0.25, 0.3) is 16.6 Å². The minimum atomic E-state index is -3.05. The van der Waals surface area contributed by atoms with E-state index in [1.54, 1.807) is 22.7 Å². The molecule has 0 saturated carbocycles. The van der Waals surface area contributed by atoms with Gasteiger partial charge < -0.3 is 5.32 Å². The predicted molar refractivity (Wildman–Crippen MR) is 111 cm³/mol. The van der Waals surface area contributed by atoms with Gasteiger partial charge in [-0.2, -0.15) is 5.10 Å². The second-order valence-corrected chi connectivity index (χ2v) is 7.67. The third-order valence-electron chi connectivity index (χ3n) is 4.88. The first-order valence-electron chi connectivity index (χ1n) is 9.66. The lowest BCUT2D eigenvalue weighted by Crippen LogP contribution is -2.25. The van der Waals surface area contributed by atoms with E-state index in [2.05, 4.69) is 20.6 Å². The summed E-state index contributed by atoms with van der Waals surface area (Å²) in [6.45, 7) is 4.45. The van der Waals surface area contributed by atoms with E-state index >= 15 is 0 Å². The van der Waals surface area contributed by atoms with Gasteiger partial charge in [0, 0.05) is 30.1 Å². The molecule has 8 nitrogen and oxygen atoms in total. The van der Waals surface area contributed by atoms with Crippen LogP contribution in [-0.4, -0.2) is 30.3 Å². The van der Waals surface area contributed by atoms with Crippen molar-refractivity contribution in [3.05, 3.63) is 64.3 Å². The summed E-state index contributed by atoms with van der Waals surface area (Å²) in [4.78, 5) is 25.5. The van der Waals surface area contributed by atoms with Crippen LogP contribution in [-0.2, 0) is 17.1 Å². The van der Waals surface area contributed by atoms with Crippen molar-refractivity contribution in [1.82, 2.24) is 24.4 Å².